The second kappa shape index (κ2) is 11.1. The molecule has 4 rings (SSSR count). The summed E-state index contributed by atoms with van der Waals surface area (Å²) in [7, 11) is -3.50. The third kappa shape index (κ3) is 5.63. The Bertz CT molecular complexity index is 1170. The van der Waals surface area contributed by atoms with E-state index in [4.69, 9.17) is 14.7 Å². The largest absolute Gasteiger partial charge is 0.396 e. The van der Waals surface area contributed by atoms with E-state index in [1.807, 2.05) is 25.1 Å². The van der Waals surface area contributed by atoms with Crippen molar-refractivity contribution in [3.05, 3.63) is 36.0 Å². The molecule has 2 aromatic rings. The zero-order valence-corrected chi connectivity index (χ0v) is 21.7. The molecule has 0 bridgehead atoms. The molecule has 10 nitrogen and oxygen atoms in total. The van der Waals surface area contributed by atoms with Crippen molar-refractivity contribution in [1.82, 2.24) is 15.3 Å². The number of aliphatic hydroxyl groups is 1. The Balaban J connectivity index is 1.69. The molecule has 2 amide bonds. The molecule has 36 heavy (non-hydrogen) atoms. The Hall–Kier alpha value is -2.76. The van der Waals surface area contributed by atoms with E-state index in [0.29, 0.717) is 62.2 Å². The molecule has 1 atom stereocenters. The zero-order valence-electron chi connectivity index (χ0n) is 20.9. The number of amides is 2. The maximum absolute atomic E-state index is 13.2. The van der Waals surface area contributed by atoms with E-state index < -0.39 is 14.6 Å². The van der Waals surface area contributed by atoms with Crippen LogP contribution in [0.4, 0.5) is 16.3 Å². The van der Waals surface area contributed by atoms with Gasteiger partial charge in [-0.25, -0.2) is 23.2 Å². The van der Waals surface area contributed by atoms with Gasteiger partial charge in [-0.3, -0.25) is 0 Å². The third-order valence-corrected chi connectivity index (χ3v) is 9.28. The van der Waals surface area contributed by atoms with Gasteiger partial charge in [-0.05, 0) is 56.9 Å². The van der Waals surface area contributed by atoms with Gasteiger partial charge in [0.15, 0.2) is 15.7 Å². The van der Waals surface area contributed by atoms with Gasteiger partial charge in [0, 0.05) is 37.0 Å². The Morgan fingerprint density at radius 3 is 2.64 bits per heavy atom. The van der Waals surface area contributed by atoms with Crippen molar-refractivity contribution >= 4 is 27.4 Å². The summed E-state index contributed by atoms with van der Waals surface area (Å²) in [5, 5.41) is 14.8. The van der Waals surface area contributed by atoms with Gasteiger partial charge in [-0.15, -0.1) is 0 Å². The minimum atomic E-state index is -3.50. The number of hydrogen-bond donors (Lipinski definition) is 3. The topological polar surface area (TPSA) is 134 Å². The zero-order chi connectivity index (χ0) is 25.8. The Morgan fingerprint density at radius 2 is 2.00 bits per heavy atom. The Kier molecular flexibility index (Phi) is 8.11. The molecule has 11 heteroatoms. The van der Waals surface area contributed by atoms with Crippen LogP contribution in [0.1, 0.15) is 45.2 Å². The van der Waals surface area contributed by atoms with Crippen molar-refractivity contribution in [1.29, 1.82) is 0 Å². The number of benzene rings is 1. The van der Waals surface area contributed by atoms with Gasteiger partial charge < -0.3 is 25.4 Å². The van der Waals surface area contributed by atoms with Gasteiger partial charge in [0.05, 0.1) is 30.7 Å². The molecule has 1 aromatic carbocycles. The standard InChI is InChI=1S/C25H35N5O5S/c1-3-11-26-24(32)27-20-7-5-19(6-8-20)23-28-21(25(9-10-25)36(33,34)15-4-13-31)16-22(29-23)30-12-14-35-17-18(30)2/h5-8,16,18,31H,3-4,9-15,17H2,1-2H3,(H2,26,27,32)/t18-/m0/s1. The molecule has 1 saturated heterocycles. The molecule has 1 aliphatic heterocycles. The summed E-state index contributed by atoms with van der Waals surface area (Å²) >= 11 is 0. The highest BCUT2D eigenvalue weighted by molar-refractivity contribution is 7.92. The van der Waals surface area contributed by atoms with Crippen LogP contribution >= 0.6 is 0 Å². The molecule has 196 valence electrons. The van der Waals surface area contributed by atoms with E-state index in [1.54, 1.807) is 12.1 Å². The quantitative estimate of drug-likeness (QED) is 0.438. The summed E-state index contributed by atoms with van der Waals surface area (Å²) in [6.07, 6.45) is 2.06. The minimum Gasteiger partial charge on any atom is -0.396 e. The molecule has 1 aliphatic carbocycles. The molecular formula is C25H35N5O5S. The summed E-state index contributed by atoms with van der Waals surface area (Å²) in [6.45, 7) is 6.24. The molecule has 0 spiro atoms. The van der Waals surface area contributed by atoms with Crippen molar-refractivity contribution in [2.75, 3.05) is 48.9 Å². The fourth-order valence-electron chi connectivity index (χ4n) is 4.42. The normalized spacial score (nSPS) is 19.1. The van der Waals surface area contributed by atoms with E-state index in [-0.39, 0.29) is 30.9 Å². The maximum atomic E-state index is 13.2. The van der Waals surface area contributed by atoms with Crippen LogP contribution in [0, 0.1) is 0 Å². The van der Waals surface area contributed by atoms with Crippen LogP contribution in [0.25, 0.3) is 11.4 Å². The first-order valence-corrected chi connectivity index (χ1v) is 14.2. The van der Waals surface area contributed by atoms with Crippen LogP contribution in [0.15, 0.2) is 30.3 Å². The molecular weight excluding hydrogens is 482 g/mol. The highest BCUT2D eigenvalue weighted by atomic mass is 32.2. The molecule has 2 fully saturated rings. The number of hydrogen-bond acceptors (Lipinski definition) is 8. The average molecular weight is 518 g/mol. The van der Waals surface area contributed by atoms with Gasteiger partial charge in [-0.1, -0.05) is 6.92 Å². The Morgan fingerprint density at radius 1 is 1.25 bits per heavy atom. The molecule has 2 heterocycles. The predicted molar refractivity (Wildman–Crippen MR) is 139 cm³/mol. The Labute approximate surface area is 212 Å². The summed E-state index contributed by atoms with van der Waals surface area (Å²) in [6, 6.07) is 8.82. The molecule has 1 saturated carbocycles. The van der Waals surface area contributed by atoms with E-state index in [9.17, 15) is 18.3 Å². The summed E-state index contributed by atoms with van der Waals surface area (Å²) in [5.41, 5.74) is 1.86. The van der Waals surface area contributed by atoms with E-state index >= 15 is 0 Å². The van der Waals surface area contributed by atoms with Crippen molar-refractivity contribution < 1.29 is 23.1 Å². The van der Waals surface area contributed by atoms with E-state index in [1.165, 1.54) is 0 Å². The lowest BCUT2D eigenvalue weighted by atomic mass is 10.1. The summed E-state index contributed by atoms with van der Waals surface area (Å²) in [5.74, 6) is 1.04. The number of aromatic nitrogens is 2. The molecule has 2 aliphatic rings. The predicted octanol–water partition coefficient (Wildman–Crippen LogP) is 2.69. The fraction of sp³-hybridized carbons (Fsp3) is 0.560. The highest BCUT2D eigenvalue weighted by Gasteiger charge is 2.56. The first-order chi connectivity index (χ1) is 17.3. The van der Waals surface area contributed by atoms with Crippen LogP contribution in [0.5, 0.6) is 0 Å². The molecule has 0 radical (unpaired) electrons. The highest BCUT2D eigenvalue weighted by Crippen LogP contribution is 2.53. The summed E-state index contributed by atoms with van der Waals surface area (Å²) < 4.78 is 31.0. The van der Waals surface area contributed by atoms with E-state index in [0.717, 1.165) is 12.0 Å². The second-order valence-electron chi connectivity index (χ2n) is 9.40. The van der Waals surface area contributed by atoms with Crippen molar-refractivity contribution in [2.24, 2.45) is 0 Å². The number of urea groups is 1. The minimum absolute atomic E-state index is 0.0768. The van der Waals surface area contributed by atoms with Crippen LogP contribution in [-0.4, -0.2) is 74.2 Å². The monoisotopic (exact) mass is 517 g/mol. The average Bonchev–Trinajstić information content (AvgIpc) is 3.70. The molecule has 3 N–H and O–H groups in total. The second-order valence-corrected chi connectivity index (χ2v) is 11.8. The number of nitrogens with zero attached hydrogens (tertiary/aromatic N) is 3. The SMILES string of the molecule is CCCNC(=O)Nc1ccc(-c2nc(N3CCOC[C@@H]3C)cc(C3(S(=O)(=O)CCCO)CC3)n2)cc1. The smallest absolute Gasteiger partial charge is 0.319 e. The van der Waals surface area contributed by atoms with Gasteiger partial charge >= 0.3 is 6.03 Å². The first-order valence-electron chi connectivity index (χ1n) is 12.5. The van der Waals surface area contributed by atoms with Gasteiger partial charge in [0.1, 0.15) is 10.6 Å². The van der Waals surface area contributed by atoms with Crippen molar-refractivity contribution in [3.8, 4) is 11.4 Å². The van der Waals surface area contributed by atoms with Gasteiger partial charge in [0.2, 0.25) is 0 Å². The number of carbonyl (C=O) groups excluding carboxylic acids is 1. The van der Waals surface area contributed by atoms with Crippen molar-refractivity contribution in [2.45, 2.75) is 50.3 Å². The number of nitrogens with one attached hydrogen (secondary N) is 2. The van der Waals surface area contributed by atoms with Crippen LogP contribution in [-0.2, 0) is 19.3 Å². The number of aliphatic hydroxyl groups excluding tert-OH is 1. The van der Waals surface area contributed by atoms with Gasteiger partial charge in [0.25, 0.3) is 0 Å². The fourth-order valence-corrected chi connectivity index (χ4v) is 6.47. The summed E-state index contributed by atoms with van der Waals surface area (Å²) in [4.78, 5) is 23.7. The van der Waals surface area contributed by atoms with Crippen molar-refractivity contribution in [3.63, 3.8) is 0 Å². The maximum Gasteiger partial charge on any atom is 0.319 e. The number of anilines is 2. The lowest BCUT2D eigenvalue weighted by Crippen LogP contribution is -2.44. The van der Waals surface area contributed by atoms with Crippen LogP contribution < -0.4 is 15.5 Å². The number of ether oxygens (including phenoxy) is 1. The van der Waals surface area contributed by atoms with Crippen LogP contribution in [0.3, 0.4) is 0 Å². The lowest BCUT2D eigenvalue weighted by Gasteiger charge is -2.34. The van der Waals surface area contributed by atoms with E-state index in [2.05, 4.69) is 22.5 Å². The number of sulfone groups is 1. The van der Waals surface area contributed by atoms with Crippen LogP contribution in [0.2, 0.25) is 0 Å². The number of rotatable bonds is 10. The lowest BCUT2D eigenvalue weighted by molar-refractivity contribution is 0.0985. The number of carbonyl (C=O) groups is 1. The molecule has 1 aromatic heterocycles. The molecule has 0 unspecified atom stereocenters. The van der Waals surface area contributed by atoms with Gasteiger partial charge in [-0.2, -0.15) is 0 Å². The number of morpholine rings is 1. The first kappa shape index (κ1) is 26.3. The third-order valence-electron chi connectivity index (χ3n) is 6.65.